The molecule has 29 heavy (non-hydrogen) atoms. The molecule has 0 aliphatic carbocycles. The second-order valence-corrected chi connectivity index (χ2v) is 7.83. The molecule has 5 heteroatoms. The lowest BCUT2D eigenvalue weighted by molar-refractivity contribution is 0.201. The van der Waals surface area contributed by atoms with Gasteiger partial charge < -0.3 is 4.98 Å². The number of halogens is 1. The Kier molecular flexibility index (Phi) is 4.47. The quantitative estimate of drug-likeness (QED) is 0.535. The minimum Gasteiger partial charge on any atom is -0.357 e. The van der Waals surface area contributed by atoms with Crippen LogP contribution in [0.1, 0.15) is 41.0 Å². The van der Waals surface area contributed by atoms with Gasteiger partial charge in [-0.05, 0) is 49.6 Å². The molecule has 2 aromatic carbocycles. The van der Waals surface area contributed by atoms with Gasteiger partial charge in [-0.15, -0.1) is 0 Å². The summed E-state index contributed by atoms with van der Waals surface area (Å²) in [6, 6.07) is 15.5. The Labute approximate surface area is 170 Å². The van der Waals surface area contributed by atoms with E-state index in [1.165, 1.54) is 27.7 Å². The molecule has 0 radical (unpaired) electrons. The van der Waals surface area contributed by atoms with E-state index in [-0.39, 0.29) is 11.9 Å². The zero-order chi connectivity index (χ0) is 20.0. The van der Waals surface area contributed by atoms with Crippen molar-refractivity contribution >= 4 is 10.9 Å². The first-order valence-electron chi connectivity index (χ1n) is 10.3. The Morgan fingerprint density at radius 1 is 1.14 bits per heavy atom. The molecule has 1 N–H and O–H groups in total. The van der Waals surface area contributed by atoms with Crippen LogP contribution in [0.5, 0.6) is 0 Å². The predicted octanol–water partition coefficient (Wildman–Crippen LogP) is 4.98. The minimum absolute atomic E-state index is 0.0659. The van der Waals surface area contributed by atoms with Gasteiger partial charge in [-0.2, -0.15) is 5.10 Å². The van der Waals surface area contributed by atoms with Gasteiger partial charge in [-0.25, -0.2) is 4.39 Å². The highest BCUT2D eigenvalue weighted by atomic mass is 19.1. The first-order chi connectivity index (χ1) is 14.1. The molecule has 3 heterocycles. The monoisotopic (exact) mass is 388 g/mol. The first kappa shape index (κ1) is 18.1. The number of aromatic nitrogens is 3. The molecule has 0 saturated heterocycles. The Balaban J connectivity index is 1.60. The Bertz CT molecular complexity index is 1160. The average Bonchev–Trinajstić information content (AvgIpc) is 3.29. The Morgan fingerprint density at radius 2 is 1.93 bits per heavy atom. The molecule has 1 atom stereocenters. The zero-order valence-corrected chi connectivity index (χ0v) is 16.8. The summed E-state index contributed by atoms with van der Waals surface area (Å²) in [6.07, 6.45) is 3.15. The fraction of sp³-hybridized carbons (Fsp3) is 0.292. The highest BCUT2D eigenvalue weighted by molar-refractivity contribution is 5.85. The molecule has 0 amide bonds. The van der Waals surface area contributed by atoms with E-state index in [2.05, 4.69) is 59.3 Å². The van der Waals surface area contributed by atoms with E-state index >= 15 is 0 Å². The lowest BCUT2D eigenvalue weighted by Gasteiger charge is -2.36. The van der Waals surface area contributed by atoms with Gasteiger partial charge >= 0.3 is 0 Å². The fourth-order valence-corrected chi connectivity index (χ4v) is 4.58. The summed E-state index contributed by atoms with van der Waals surface area (Å²) in [4.78, 5) is 6.15. The lowest BCUT2D eigenvalue weighted by atomic mass is 9.92. The van der Waals surface area contributed by atoms with Crippen molar-refractivity contribution in [3.63, 3.8) is 0 Å². The number of aromatic amines is 1. The third kappa shape index (κ3) is 3.15. The summed E-state index contributed by atoms with van der Waals surface area (Å²) in [7, 11) is 0. The molecule has 0 bridgehead atoms. The van der Waals surface area contributed by atoms with E-state index in [0.29, 0.717) is 0 Å². The predicted molar refractivity (Wildman–Crippen MR) is 113 cm³/mol. The van der Waals surface area contributed by atoms with Gasteiger partial charge in [0, 0.05) is 48.0 Å². The topological polar surface area (TPSA) is 36.9 Å². The van der Waals surface area contributed by atoms with E-state index in [1.54, 1.807) is 12.1 Å². The number of para-hydroxylation sites is 1. The summed E-state index contributed by atoms with van der Waals surface area (Å²) < 4.78 is 15.6. The van der Waals surface area contributed by atoms with Crippen LogP contribution in [0.25, 0.3) is 10.9 Å². The molecule has 1 aliphatic rings. The number of hydrogen-bond donors (Lipinski definition) is 1. The highest BCUT2D eigenvalue weighted by Gasteiger charge is 2.32. The van der Waals surface area contributed by atoms with Gasteiger partial charge in [0.15, 0.2) is 0 Å². The Hall–Kier alpha value is -2.92. The number of nitrogens with one attached hydrogen (secondary N) is 1. The van der Waals surface area contributed by atoms with Gasteiger partial charge in [0.05, 0.1) is 11.7 Å². The van der Waals surface area contributed by atoms with E-state index < -0.39 is 0 Å². The fourth-order valence-electron chi connectivity index (χ4n) is 4.58. The van der Waals surface area contributed by atoms with Crippen LogP contribution >= 0.6 is 0 Å². The molecular formula is C24H25FN4. The molecule has 0 saturated carbocycles. The van der Waals surface area contributed by atoms with Crippen LogP contribution in [-0.2, 0) is 19.5 Å². The third-order valence-corrected chi connectivity index (χ3v) is 6.07. The average molecular weight is 388 g/mol. The second kappa shape index (κ2) is 7.16. The van der Waals surface area contributed by atoms with Crippen LogP contribution in [0.2, 0.25) is 0 Å². The standard InChI is InChI=1S/C24H25FN4/c1-3-29-15-18(16(2)27-29)14-28-13-12-21-20-6-4-5-7-22(20)26-23(21)24(28)17-8-10-19(25)11-9-17/h4-11,15,24,26H,3,12-14H2,1-2H3. The first-order valence-corrected chi connectivity index (χ1v) is 10.3. The van der Waals surface area contributed by atoms with E-state index in [0.717, 1.165) is 37.3 Å². The van der Waals surface area contributed by atoms with E-state index in [9.17, 15) is 4.39 Å². The van der Waals surface area contributed by atoms with Crippen molar-refractivity contribution in [2.24, 2.45) is 0 Å². The van der Waals surface area contributed by atoms with Crippen molar-refractivity contribution in [3.05, 3.63) is 88.6 Å². The van der Waals surface area contributed by atoms with Crippen molar-refractivity contribution in [3.8, 4) is 0 Å². The minimum atomic E-state index is -0.201. The normalized spacial score (nSPS) is 17.0. The number of rotatable bonds is 4. The highest BCUT2D eigenvalue weighted by Crippen LogP contribution is 2.39. The summed E-state index contributed by atoms with van der Waals surface area (Å²) >= 11 is 0. The summed E-state index contributed by atoms with van der Waals surface area (Å²) in [5.41, 5.74) is 7.21. The van der Waals surface area contributed by atoms with Gasteiger partial charge in [-0.3, -0.25) is 9.58 Å². The molecule has 148 valence electrons. The van der Waals surface area contributed by atoms with Gasteiger partial charge in [-0.1, -0.05) is 30.3 Å². The van der Waals surface area contributed by atoms with E-state index in [4.69, 9.17) is 0 Å². The maximum absolute atomic E-state index is 13.6. The van der Waals surface area contributed by atoms with Crippen LogP contribution in [0, 0.1) is 12.7 Å². The van der Waals surface area contributed by atoms with Crippen LogP contribution in [0.4, 0.5) is 4.39 Å². The van der Waals surface area contributed by atoms with Crippen LogP contribution in [0.3, 0.4) is 0 Å². The molecule has 1 unspecified atom stereocenters. The largest absolute Gasteiger partial charge is 0.357 e. The molecule has 4 aromatic rings. The number of aryl methyl sites for hydroxylation is 2. The maximum atomic E-state index is 13.6. The number of fused-ring (bicyclic) bond motifs is 3. The van der Waals surface area contributed by atoms with Gasteiger partial charge in [0.25, 0.3) is 0 Å². The van der Waals surface area contributed by atoms with E-state index in [1.807, 2.05) is 16.8 Å². The number of benzene rings is 2. The SMILES string of the molecule is CCn1cc(CN2CCc3c([nH]c4ccccc34)C2c2ccc(F)cc2)c(C)n1. The molecule has 0 spiro atoms. The van der Waals surface area contributed by atoms with Crippen molar-refractivity contribution in [2.45, 2.75) is 39.4 Å². The summed E-state index contributed by atoms with van der Waals surface area (Å²) in [5, 5.41) is 5.91. The molecule has 4 nitrogen and oxygen atoms in total. The maximum Gasteiger partial charge on any atom is 0.123 e. The molecular weight excluding hydrogens is 363 g/mol. The van der Waals surface area contributed by atoms with Gasteiger partial charge in [0.2, 0.25) is 0 Å². The van der Waals surface area contributed by atoms with Crippen molar-refractivity contribution in [1.29, 1.82) is 0 Å². The zero-order valence-electron chi connectivity index (χ0n) is 16.8. The molecule has 1 aliphatic heterocycles. The molecule has 0 fully saturated rings. The number of hydrogen-bond acceptors (Lipinski definition) is 2. The van der Waals surface area contributed by atoms with Crippen LogP contribution in [0.15, 0.2) is 54.7 Å². The van der Waals surface area contributed by atoms with Crippen molar-refractivity contribution in [2.75, 3.05) is 6.54 Å². The summed E-state index contributed by atoms with van der Waals surface area (Å²) in [5.74, 6) is -0.201. The Morgan fingerprint density at radius 3 is 2.69 bits per heavy atom. The van der Waals surface area contributed by atoms with Crippen molar-refractivity contribution in [1.82, 2.24) is 19.7 Å². The second-order valence-electron chi connectivity index (χ2n) is 7.83. The molecule has 5 rings (SSSR count). The van der Waals surface area contributed by atoms with Crippen LogP contribution in [-0.4, -0.2) is 26.2 Å². The smallest absolute Gasteiger partial charge is 0.123 e. The third-order valence-electron chi connectivity index (χ3n) is 6.07. The van der Waals surface area contributed by atoms with Gasteiger partial charge in [0.1, 0.15) is 5.82 Å². The summed E-state index contributed by atoms with van der Waals surface area (Å²) in [6.45, 7) is 6.83. The van der Waals surface area contributed by atoms with Crippen LogP contribution < -0.4 is 0 Å². The molecule has 2 aromatic heterocycles. The van der Waals surface area contributed by atoms with Crippen molar-refractivity contribution < 1.29 is 4.39 Å². The number of H-pyrrole nitrogens is 1. The number of nitrogens with zero attached hydrogens (tertiary/aromatic N) is 3. The lowest BCUT2D eigenvalue weighted by Crippen LogP contribution is -2.35.